The number of halogens is 2. The van der Waals surface area contributed by atoms with Crippen LogP contribution in [-0.2, 0) is 21.5 Å². The fourth-order valence-electron chi connectivity index (χ4n) is 3.41. The van der Waals surface area contributed by atoms with Gasteiger partial charge in [0.15, 0.2) is 6.61 Å². The molecular formula is C26H34Cl2N2O3. The maximum absolute atomic E-state index is 13.3. The monoisotopic (exact) mass is 492 g/mol. The van der Waals surface area contributed by atoms with E-state index in [9.17, 15) is 9.59 Å². The fourth-order valence-corrected chi connectivity index (χ4v) is 3.92. The molecule has 0 unspecified atom stereocenters. The Morgan fingerprint density at radius 3 is 2.30 bits per heavy atom. The van der Waals surface area contributed by atoms with Crippen LogP contribution in [-0.4, -0.2) is 35.9 Å². The van der Waals surface area contributed by atoms with Gasteiger partial charge in [-0.25, -0.2) is 0 Å². The Labute approximate surface area is 207 Å². The molecule has 2 aromatic rings. The van der Waals surface area contributed by atoms with Gasteiger partial charge in [-0.05, 0) is 42.5 Å². The van der Waals surface area contributed by atoms with Gasteiger partial charge in [-0.2, -0.15) is 0 Å². The summed E-state index contributed by atoms with van der Waals surface area (Å²) >= 11 is 12.7. The number of hydrogen-bond donors (Lipinski definition) is 1. The van der Waals surface area contributed by atoms with Gasteiger partial charge in [0.1, 0.15) is 11.8 Å². The predicted molar refractivity (Wildman–Crippen MR) is 135 cm³/mol. The molecule has 0 spiro atoms. The van der Waals surface area contributed by atoms with Crippen LogP contribution in [0.2, 0.25) is 10.0 Å². The molecule has 2 aromatic carbocycles. The molecule has 0 saturated heterocycles. The lowest BCUT2D eigenvalue weighted by atomic mass is 9.86. The van der Waals surface area contributed by atoms with Gasteiger partial charge in [-0.3, -0.25) is 9.59 Å². The molecule has 1 atom stereocenters. The van der Waals surface area contributed by atoms with Gasteiger partial charge in [-0.1, -0.05) is 81.6 Å². The van der Waals surface area contributed by atoms with Crippen LogP contribution in [0.25, 0.3) is 0 Å². The van der Waals surface area contributed by atoms with Gasteiger partial charge in [0.05, 0.1) is 0 Å². The second-order valence-electron chi connectivity index (χ2n) is 9.08. The van der Waals surface area contributed by atoms with Crippen molar-refractivity contribution in [1.82, 2.24) is 10.2 Å². The smallest absolute Gasteiger partial charge is 0.261 e. The third-order valence-electron chi connectivity index (χ3n) is 5.43. The number of rotatable bonds is 10. The van der Waals surface area contributed by atoms with Crippen molar-refractivity contribution in [2.75, 3.05) is 13.2 Å². The van der Waals surface area contributed by atoms with Crippen LogP contribution in [0.1, 0.15) is 58.6 Å². The number of carbonyl (C=O) groups excluding carboxylic acids is 2. The Hall–Kier alpha value is -2.24. The molecule has 33 heavy (non-hydrogen) atoms. The molecule has 0 heterocycles. The van der Waals surface area contributed by atoms with Gasteiger partial charge in [0.2, 0.25) is 5.91 Å². The van der Waals surface area contributed by atoms with Crippen LogP contribution < -0.4 is 10.1 Å². The minimum atomic E-state index is -0.719. The number of carbonyl (C=O) groups is 2. The number of hydrogen-bond acceptors (Lipinski definition) is 3. The lowest BCUT2D eigenvalue weighted by Crippen LogP contribution is -2.49. The standard InChI is InChI=1S/C26H34Cl2N2O3/c1-6-7-15-29-25(32)18(2)30(16-19-21(27)12-10-13-22(19)28)24(31)17-33-23-14-9-8-11-20(23)26(3,4)5/h8-14,18H,6-7,15-17H2,1-5H3,(H,29,32)/t18-/m0/s1. The molecule has 0 aliphatic heterocycles. The largest absolute Gasteiger partial charge is 0.483 e. The van der Waals surface area contributed by atoms with E-state index in [1.165, 1.54) is 4.90 Å². The molecular weight excluding hydrogens is 459 g/mol. The zero-order valence-electron chi connectivity index (χ0n) is 20.1. The first-order chi connectivity index (χ1) is 15.6. The third-order valence-corrected chi connectivity index (χ3v) is 6.14. The van der Waals surface area contributed by atoms with Crippen molar-refractivity contribution < 1.29 is 14.3 Å². The van der Waals surface area contributed by atoms with Crippen molar-refractivity contribution in [3.05, 3.63) is 63.6 Å². The van der Waals surface area contributed by atoms with Gasteiger partial charge >= 0.3 is 0 Å². The van der Waals surface area contributed by atoms with Crippen LogP contribution >= 0.6 is 23.2 Å². The number of nitrogens with zero attached hydrogens (tertiary/aromatic N) is 1. The molecule has 0 aliphatic rings. The highest BCUT2D eigenvalue weighted by atomic mass is 35.5. The molecule has 0 fully saturated rings. The van der Waals surface area contributed by atoms with E-state index in [1.807, 2.05) is 24.3 Å². The lowest BCUT2D eigenvalue weighted by Gasteiger charge is -2.30. The van der Waals surface area contributed by atoms with Crippen molar-refractivity contribution in [2.45, 2.75) is 65.5 Å². The zero-order valence-corrected chi connectivity index (χ0v) is 21.6. The highest BCUT2D eigenvalue weighted by Gasteiger charge is 2.28. The average Bonchev–Trinajstić information content (AvgIpc) is 2.76. The lowest BCUT2D eigenvalue weighted by molar-refractivity contribution is -0.142. The molecule has 0 saturated carbocycles. The second-order valence-corrected chi connectivity index (χ2v) is 9.89. The molecule has 0 aromatic heterocycles. The summed E-state index contributed by atoms with van der Waals surface area (Å²) < 4.78 is 5.94. The first-order valence-corrected chi connectivity index (χ1v) is 12.0. The van der Waals surface area contributed by atoms with Crippen molar-refractivity contribution in [3.63, 3.8) is 0 Å². The topological polar surface area (TPSA) is 58.6 Å². The van der Waals surface area contributed by atoms with E-state index in [1.54, 1.807) is 25.1 Å². The molecule has 180 valence electrons. The van der Waals surface area contributed by atoms with E-state index in [0.717, 1.165) is 18.4 Å². The van der Waals surface area contributed by atoms with E-state index >= 15 is 0 Å². The number of ether oxygens (including phenoxy) is 1. The molecule has 2 amide bonds. The van der Waals surface area contributed by atoms with Gasteiger partial charge in [0.25, 0.3) is 5.91 Å². The Bertz CT molecular complexity index is 937. The van der Waals surface area contributed by atoms with Gasteiger partial charge < -0.3 is 15.0 Å². The summed E-state index contributed by atoms with van der Waals surface area (Å²) in [6.45, 7) is 10.5. The normalized spacial score (nSPS) is 12.2. The summed E-state index contributed by atoms with van der Waals surface area (Å²) in [6, 6.07) is 12.1. The number of nitrogens with one attached hydrogen (secondary N) is 1. The Kier molecular flexibility index (Phi) is 10.1. The van der Waals surface area contributed by atoms with E-state index in [4.69, 9.17) is 27.9 Å². The molecule has 7 heteroatoms. The summed E-state index contributed by atoms with van der Waals surface area (Å²) in [4.78, 5) is 27.6. The number of benzene rings is 2. The van der Waals surface area contributed by atoms with E-state index < -0.39 is 6.04 Å². The molecule has 0 aliphatic carbocycles. The van der Waals surface area contributed by atoms with E-state index in [-0.39, 0.29) is 30.4 Å². The Balaban J connectivity index is 2.25. The maximum Gasteiger partial charge on any atom is 0.261 e. The first kappa shape index (κ1) is 27.0. The minimum Gasteiger partial charge on any atom is -0.483 e. The van der Waals surface area contributed by atoms with Crippen LogP contribution in [0.3, 0.4) is 0 Å². The molecule has 5 nitrogen and oxygen atoms in total. The summed E-state index contributed by atoms with van der Waals surface area (Å²) in [5.41, 5.74) is 1.46. The second kappa shape index (κ2) is 12.3. The van der Waals surface area contributed by atoms with Crippen molar-refractivity contribution in [3.8, 4) is 5.75 Å². The SMILES string of the molecule is CCCCNC(=O)[C@H](C)N(Cc1c(Cl)cccc1Cl)C(=O)COc1ccccc1C(C)(C)C. The minimum absolute atomic E-state index is 0.101. The Morgan fingerprint density at radius 2 is 1.70 bits per heavy atom. The third kappa shape index (κ3) is 7.65. The highest BCUT2D eigenvalue weighted by molar-refractivity contribution is 6.36. The van der Waals surface area contributed by atoms with E-state index in [2.05, 4.69) is 33.0 Å². The summed E-state index contributed by atoms with van der Waals surface area (Å²) in [7, 11) is 0. The first-order valence-electron chi connectivity index (χ1n) is 11.3. The van der Waals surface area contributed by atoms with Crippen LogP contribution in [0.5, 0.6) is 5.75 Å². The summed E-state index contributed by atoms with van der Waals surface area (Å²) in [6.07, 6.45) is 1.84. The predicted octanol–water partition coefficient (Wildman–Crippen LogP) is 6.00. The zero-order chi connectivity index (χ0) is 24.6. The fraction of sp³-hybridized carbons (Fsp3) is 0.462. The van der Waals surface area contributed by atoms with Gasteiger partial charge in [-0.15, -0.1) is 0 Å². The highest BCUT2D eigenvalue weighted by Crippen LogP contribution is 2.31. The summed E-state index contributed by atoms with van der Waals surface area (Å²) in [5.74, 6) is 0.0945. The summed E-state index contributed by atoms with van der Waals surface area (Å²) in [5, 5.41) is 3.78. The van der Waals surface area contributed by atoms with Crippen molar-refractivity contribution >= 4 is 35.0 Å². The maximum atomic E-state index is 13.3. The average molecular weight is 493 g/mol. The molecule has 2 rings (SSSR count). The van der Waals surface area contributed by atoms with Crippen LogP contribution in [0, 0.1) is 0 Å². The number of para-hydroxylation sites is 1. The van der Waals surface area contributed by atoms with Crippen LogP contribution in [0.4, 0.5) is 0 Å². The van der Waals surface area contributed by atoms with E-state index in [0.29, 0.717) is 27.9 Å². The number of unbranched alkanes of at least 4 members (excludes halogenated alkanes) is 1. The van der Waals surface area contributed by atoms with Gasteiger partial charge in [0, 0.05) is 28.7 Å². The van der Waals surface area contributed by atoms with Crippen molar-refractivity contribution in [1.29, 1.82) is 0 Å². The van der Waals surface area contributed by atoms with Crippen LogP contribution in [0.15, 0.2) is 42.5 Å². The molecule has 0 radical (unpaired) electrons. The number of amides is 2. The molecule has 1 N–H and O–H groups in total. The quantitative estimate of drug-likeness (QED) is 0.413. The van der Waals surface area contributed by atoms with Crippen molar-refractivity contribution in [2.24, 2.45) is 0 Å². The molecule has 0 bridgehead atoms. The Morgan fingerprint density at radius 1 is 1.06 bits per heavy atom.